The van der Waals surface area contributed by atoms with Crippen LogP contribution in [0.4, 0.5) is 0 Å². The van der Waals surface area contributed by atoms with Gasteiger partial charge >= 0.3 is 0 Å². The fourth-order valence-corrected chi connectivity index (χ4v) is 3.44. The topological polar surface area (TPSA) is 64.2 Å². The number of phenolic OH excluding ortho intramolecular Hbond substituents is 2. The van der Waals surface area contributed by atoms with Crippen molar-refractivity contribution in [2.45, 2.75) is 6.42 Å². The fraction of sp³-hybridized carbons (Fsp3) is 0.0455. The molecule has 0 aromatic heterocycles. The van der Waals surface area contributed by atoms with Gasteiger partial charge in [-0.15, -0.1) is 0 Å². The summed E-state index contributed by atoms with van der Waals surface area (Å²) in [6.07, 6.45) is 0.619. The van der Waals surface area contributed by atoms with Crippen molar-refractivity contribution in [1.29, 1.82) is 5.26 Å². The van der Waals surface area contributed by atoms with Gasteiger partial charge in [-0.1, -0.05) is 42.5 Å². The van der Waals surface area contributed by atoms with Gasteiger partial charge in [0.05, 0.1) is 11.6 Å². The summed E-state index contributed by atoms with van der Waals surface area (Å²) in [4.78, 5) is 0. The van der Waals surface area contributed by atoms with Crippen LogP contribution in [-0.4, -0.2) is 10.2 Å². The standard InChI is InChI=1S/C22H15NO2/c23-13-16-10-18(25)11-21-19(16)12-20(14-6-8-17(24)9-7-14)22(21)15-4-2-1-3-5-15/h1-11,24-25H,12H2. The number of rotatable bonds is 2. The highest BCUT2D eigenvalue weighted by atomic mass is 16.3. The summed E-state index contributed by atoms with van der Waals surface area (Å²) in [5, 5.41) is 29.1. The average Bonchev–Trinajstić information content (AvgIpc) is 3.01. The van der Waals surface area contributed by atoms with Crippen molar-refractivity contribution < 1.29 is 10.2 Å². The molecule has 0 spiro atoms. The zero-order chi connectivity index (χ0) is 17.4. The Balaban J connectivity index is 2.00. The normalized spacial score (nSPS) is 12.8. The molecule has 1 aliphatic rings. The summed E-state index contributed by atoms with van der Waals surface area (Å²) >= 11 is 0. The molecule has 120 valence electrons. The average molecular weight is 325 g/mol. The molecule has 25 heavy (non-hydrogen) atoms. The lowest BCUT2D eigenvalue weighted by molar-refractivity contribution is 0.474. The Morgan fingerprint density at radius 2 is 1.52 bits per heavy atom. The molecule has 2 N–H and O–H groups in total. The van der Waals surface area contributed by atoms with Gasteiger partial charge < -0.3 is 10.2 Å². The van der Waals surface area contributed by atoms with Crippen LogP contribution in [0, 0.1) is 11.3 Å². The first-order chi connectivity index (χ1) is 12.2. The van der Waals surface area contributed by atoms with E-state index in [1.165, 1.54) is 6.07 Å². The Morgan fingerprint density at radius 3 is 2.20 bits per heavy atom. The number of fused-ring (bicyclic) bond motifs is 1. The van der Waals surface area contributed by atoms with Gasteiger partial charge in [-0.2, -0.15) is 5.26 Å². The van der Waals surface area contributed by atoms with Crippen molar-refractivity contribution in [1.82, 2.24) is 0 Å². The lowest BCUT2D eigenvalue weighted by Crippen LogP contribution is -1.91. The highest BCUT2D eigenvalue weighted by Gasteiger charge is 2.26. The maximum absolute atomic E-state index is 10.1. The molecule has 0 saturated heterocycles. The number of nitriles is 1. The van der Waals surface area contributed by atoms with E-state index in [2.05, 4.69) is 6.07 Å². The minimum atomic E-state index is 0.0932. The summed E-state index contributed by atoms with van der Waals surface area (Å²) < 4.78 is 0. The quantitative estimate of drug-likeness (QED) is 0.730. The molecule has 0 radical (unpaired) electrons. The van der Waals surface area contributed by atoms with Crippen LogP contribution in [0.1, 0.15) is 27.8 Å². The fourth-order valence-electron chi connectivity index (χ4n) is 3.44. The smallest absolute Gasteiger partial charge is 0.117 e. The van der Waals surface area contributed by atoms with E-state index < -0.39 is 0 Å². The van der Waals surface area contributed by atoms with Gasteiger partial charge in [0, 0.05) is 6.42 Å². The first kappa shape index (κ1) is 15.0. The predicted octanol–water partition coefficient (Wildman–Crippen LogP) is 4.48. The number of nitrogens with zero attached hydrogens (tertiary/aromatic N) is 1. The van der Waals surface area contributed by atoms with Crippen molar-refractivity contribution >= 4 is 11.1 Å². The second-order valence-electron chi connectivity index (χ2n) is 6.07. The molecule has 3 heteroatoms. The van der Waals surface area contributed by atoms with E-state index in [0.717, 1.165) is 33.4 Å². The van der Waals surface area contributed by atoms with Crippen molar-refractivity contribution in [3.05, 3.63) is 94.5 Å². The Bertz CT molecular complexity index is 1030. The highest BCUT2D eigenvalue weighted by molar-refractivity contribution is 6.04. The minimum absolute atomic E-state index is 0.0932. The molecule has 0 bridgehead atoms. The third-order valence-corrected chi connectivity index (χ3v) is 4.56. The molecule has 0 unspecified atom stereocenters. The van der Waals surface area contributed by atoms with E-state index in [-0.39, 0.29) is 11.5 Å². The molecule has 0 aliphatic heterocycles. The third-order valence-electron chi connectivity index (χ3n) is 4.56. The van der Waals surface area contributed by atoms with Gasteiger partial charge in [0.2, 0.25) is 0 Å². The van der Waals surface area contributed by atoms with E-state index in [1.54, 1.807) is 18.2 Å². The Hall–Kier alpha value is -3.51. The molecular weight excluding hydrogens is 310 g/mol. The van der Waals surface area contributed by atoms with Crippen molar-refractivity contribution in [2.75, 3.05) is 0 Å². The monoisotopic (exact) mass is 325 g/mol. The van der Waals surface area contributed by atoms with Crippen LogP contribution in [0.15, 0.2) is 66.7 Å². The van der Waals surface area contributed by atoms with Gasteiger partial charge in [0.1, 0.15) is 11.5 Å². The molecule has 3 aromatic carbocycles. The molecule has 0 atom stereocenters. The zero-order valence-corrected chi connectivity index (χ0v) is 13.4. The summed E-state index contributed by atoms with van der Waals surface area (Å²) in [5.41, 5.74) is 6.47. The first-order valence-corrected chi connectivity index (χ1v) is 8.01. The van der Waals surface area contributed by atoms with Crippen LogP contribution in [0.25, 0.3) is 11.1 Å². The van der Waals surface area contributed by atoms with Crippen molar-refractivity contribution in [3.63, 3.8) is 0 Å². The van der Waals surface area contributed by atoms with Gasteiger partial charge in [-0.25, -0.2) is 0 Å². The SMILES string of the molecule is N#Cc1cc(O)cc2c1CC(c1ccc(O)cc1)=C2c1ccccc1. The molecule has 0 fully saturated rings. The van der Waals surface area contributed by atoms with E-state index in [1.807, 2.05) is 42.5 Å². The molecule has 1 aliphatic carbocycles. The summed E-state index contributed by atoms with van der Waals surface area (Å²) in [6.45, 7) is 0. The van der Waals surface area contributed by atoms with Gasteiger partial charge in [-0.05, 0) is 57.7 Å². The maximum Gasteiger partial charge on any atom is 0.117 e. The van der Waals surface area contributed by atoms with Gasteiger partial charge in [0.15, 0.2) is 0 Å². The van der Waals surface area contributed by atoms with Crippen molar-refractivity contribution in [2.24, 2.45) is 0 Å². The van der Waals surface area contributed by atoms with E-state index >= 15 is 0 Å². The van der Waals surface area contributed by atoms with Crippen LogP contribution in [-0.2, 0) is 6.42 Å². The summed E-state index contributed by atoms with van der Waals surface area (Å²) in [6, 6.07) is 22.5. The number of hydrogen-bond donors (Lipinski definition) is 2. The number of allylic oxidation sites excluding steroid dienone is 1. The summed E-state index contributed by atoms with van der Waals surface area (Å²) in [5.74, 6) is 0.312. The molecule has 4 rings (SSSR count). The predicted molar refractivity (Wildman–Crippen MR) is 97.0 cm³/mol. The highest BCUT2D eigenvalue weighted by Crippen LogP contribution is 2.44. The summed E-state index contributed by atoms with van der Waals surface area (Å²) in [7, 11) is 0. The molecule has 3 aromatic rings. The second kappa shape index (κ2) is 5.85. The second-order valence-corrected chi connectivity index (χ2v) is 6.07. The zero-order valence-electron chi connectivity index (χ0n) is 13.4. The van der Waals surface area contributed by atoms with Crippen LogP contribution < -0.4 is 0 Å². The van der Waals surface area contributed by atoms with Crippen LogP contribution in [0.3, 0.4) is 0 Å². The molecule has 0 saturated carbocycles. The molecule has 3 nitrogen and oxygen atoms in total. The lowest BCUT2D eigenvalue weighted by atomic mass is 9.94. The molecule has 0 heterocycles. The van der Waals surface area contributed by atoms with E-state index in [4.69, 9.17) is 0 Å². The Labute approximate surface area is 145 Å². The van der Waals surface area contributed by atoms with Gasteiger partial charge in [-0.3, -0.25) is 0 Å². The third kappa shape index (κ3) is 2.54. The first-order valence-electron chi connectivity index (χ1n) is 8.01. The number of phenols is 2. The molecule has 0 amide bonds. The largest absolute Gasteiger partial charge is 0.508 e. The van der Waals surface area contributed by atoms with E-state index in [0.29, 0.717) is 12.0 Å². The lowest BCUT2D eigenvalue weighted by Gasteiger charge is -2.10. The van der Waals surface area contributed by atoms with Crippen LogP contribution in [0.2, 0.25) is 0 Å². The van der Waals surface area contributed by atoms with Crippen LogP contribution >= 0.6 is 0 Å². The maximum atomic E-state index is 10.1. The van der Waals surface area contributed by atoms with Crippen molar-refractivity contribution in [3.8, 4) is 17.6 Å². The number of aromatic hydroxyl groups is 2. The Morgan fingerprint density at radius 1 is 0.800 bits per heavy atom. The minimum Gasteiger partial charge on any atom is -0.508 e. The van der Waals surface area contributed by atoms with E-state index in [9.17, 15) is 15.5 Å². The van der Waals surface area contributed by atoms with Gasteiger partial charge in [0.25, 0.3) is 0 Å². The Kier molecular flexibility index (Phi) is 3.52. The number of hydrogen-bond acceptors (Lipinski definition) is 3. The van der Waals surface area contributed by atoms with Crippen LogP contribution in [0.5, 0.6) is 11.5 Å². The number of benzene rings is 3. The molecular formula is C22H15NO2.